The Hall–Kier alpha value is -0.900. The minimum absolute atomic E-state index is 0.0216. The highest BCUT2D eigenvalue weighted by molar-refractivity contribution is 6.05. The van der Waals surface area contributed by atoms with Gasteiger partial charge in [0.25, 0.3) is 0 Å². The lowest BCUT2D eigenvalue weighted by molar-refractivity contribution is -0.144. The van der Waals surface area contributed by atoms with Crippen LogP contribution in [0.3, 0.4) is 0 Å². The highest BCUT2D eigenvalue weighted by atomic mass is 16.2. The molecule has 1 saturated heterocycles. The van der Waals surface area contributed by atoms with E-state index < -0.39 is 0 Å². The molecule has 106 valence electrons. The van der Waals surface area contributed by atoms with Crippen LogP contribution < -0.4 is 5.73 Å². The molecule has 0 bridgehead atoms. The summed E-state index contributed by atoms with van der Waals surface area (Å²) in [5.41, 5.74) is 6.21. The lowest BCUT2D eigenvalue weighted by Gasteiger charge is -2.30. The van der Waals surface area contributed by atoms with Gasteiger partial charge in [-0.1, -0.05) is 26.2 Å². The fraction of sp³-hybridized carbons (Fsp3) is 0.867. The summed E-state index contributed by atoms with van der Waals surface area (Å²) < 4.78 is 0. The number of nitrogens with zero attached hydrogens (tertiary/aromatic N) is 1. The van der Waals surface area contributed by atoms with Crippen molar-refractivity contribution in [3.8, 4) is 0 Å². The second kappa shape index (κ2) is 4.89. The molecule has 4 atom stereocenters. The highest BCUT2D eigenvalue weighted by Crippen LogP contribution is 2.44. The Bertz CT molecular complexity index is 372. The third-order valence-electron chi connectivity index (χ3n) is 5.27. The van der Waals surface area contributed by atoms with Gasteiger partial charge in [0, 0.05) is 6.04 Å². The molecule has 0 aromatic heterocycles. The number of amides is 2. The molecule has 4 nitrogen and oxygen atoms in total. The van der Waals surface area contributed by atoms with E-state index >= 15 is 0 Å². The average Bonchev–Trinajstić information content (AvgIpc) is 2.76. The van der Waals surface area contributed by atoms with Crippen molar-refractivity contribution in [2.24, 2.45) is 23.5 Å². The molecule has 0 aromatic rings. The Balaban J connectivity index is 1.81. The molecule has 3 fully saturated rings. The van der Waals surface area contributed by atoms with Crippen molar-refractivity contribution in [2.45, 2.75) is 64.0 Å². The van der Waals surface area contributed by atoms with Crippen LogP contribution in [0.1, 0.15) is 51.9 Å². The van der Waals surface area contributed by atoms with Crippen molar-refractivity contribution in [3.05, 3.63) is 0 Å². The molecular formula is C15H24N2O2. The highest BCUT2D eigenvalue weighted by Gasteiger charge is 2.54. The first-order valence-electron chi connectivity index (χ1n) is 7.72. The van der Waals surface area contributed by atoms with Crippen molar-refractivity contribution in [1.82, 2.24) is 4.90 Å². The van der Waals surface area contributed by atoms with E-state index in [-0.39, 0.29) is 35.7 Å². The Morgan fingerprint density at radius 1 is 1.00 bits per heavy atom. The molecule has 4 heteroatoms. The second-order valence-electron chi connectivity index (χ2n) is 6.71. The van der Waals surface area contributed by atoms with E-state index in [0.717, 1.165) is 38.5 Å². The number of hydrogen-bond acceptors (Lipinski definition) is 3. The largest absolute Gasteiger partial charge is 0.326 e. The topological polar surface area (TPSA) is 63.4 Å². The molecule has 3 aliphatic rings. The first-order chi connectivity index (χ1) is 9.09. The molecule has 4 unspecified atom stereocenters. The average molecular weight is 264 g/mol. The minimum atomic E-state index is -0.0436. The van der Waals surface area contributed by atoms with Gasteiger partial charge in [-0.3, -0.25) is 14.5 Å². The molecule has 0 spiro atoms. The molecule has 0 aromatic carbocycles. The molecule has 3 rings (SSSR count). The second-order valence-corrected chi connectivity index (χ2v) is 6.71. The van der Waals surface area contributed by atoms with Crippen LogP contribution >= 0.6 is 0 Å². The zero-order chi connectivity index (χ0) is 13.6. The Morgan fingerprint density at radius 2 is 1.58 bits per heavy atom. The van der Waals surface area contributed by atoms with E-state index in [1.54, 1.807) is 4.90 Å². The molecule has 19 heavy (non-hydrogen) atoms. The number of fused-ring (bicyclic) bond motifs is 1. The standard InChI is InChI=1S/C15H24N2O2/c1-9-7-10-11(8-9)15(19)17(14(10)18)13-6-4-2-3-5-12(13)16/h9-13H,2-8,16H2,1H3. The van der Waals surface area contributed by atoms with Gasteiger partial charge in [0.2, 0.25) is 11.8 Å². The van der Waals surface area contributed by atoms with Crippen LogP contribution in [0.15, 0.2) is 0 Å². The van der Waals surface area contributed by atoms with Crippen LogP contribution in [0, 0.1) is 17.8 Å². The molecule has 2 aliphatic carbocycles. The van der Waals surface area contributed by atoms with Gasteiger partial charge < -0.3 is 5.73 Å². The van der Waals surface area contributed by atoms with Gasteiger partial charge in [-0.15, -0.1) is 0 Å². The normalized spacial score (nSPS) is 43.5. The van der Waals surface area contributed by atoms with Crippen LogP contribution in [0.25, 0.3) is 0 Å². The zero-order valence-electron chi connectivity index (χ0n) is 11.7. The van der Waals surface area contributed by atoms with Crippen LogP contribution in [0.5, 0.6) is 0 Å². The summed E-state index contributed by atoms with van der Waals surface area (Å²) in [6.45, 7) is 2.14. The van der Waals surface area contributed by atoms with Crippen molar-refractivity contribution in [2.75, 3.05) is 0 Å². The van der Waals surface area contributed by atoms with E-state index in [9.17, 15) is 9.59 Å². The fourth-order valence-corrected chi connectivity index (χ4v) is 4.27. The summed E-state index contributed by atoms with van der Waals surface area (Å²) >= 11 is 0. The maximum absolute atomic E-state index is 12.5. The summed E-state index contributed by atoms with van der Waals surface area (Å²) in [5, 5.41) is 0. The van der Waals surface area contributed by atoms with E-state index in [2.05, 4.69) is 6.92 Å². The first kappa shape index (κ1) is 13.1. The number of likely N-dealkylation sites (tertiary alicyclic amines) is 1. The van der Waals surface area contributed by atoms with Crippen LogP contribution in [0.2, 0.25) is 0 Å². The quantitative estimate of drug-likeness (QED) is 0.579. The maximum Gasteiger partial charge on any atom is 0.233 e. The third-order valence-corrected chi connectivity index (χ3v) is 5.27. The van der Waals surface area contributed by atoms with Gasteiger partial charge >= 0.3 is 0 Å². The summed E-state index contributed by atoms with van der Waals surface area (Å²) in [6, 6.07) is -0.0601. The Morgan fingerprint density at radius 3 is 2.21 bits per heavy atom. The lowest BCUT2D eigenvalue weighted by atomic mass is 10.00. The van der Waals surface area contributed by atoms with E-state index in [1.807, 2.05) is 0 Å². The molecule has 2 N–H and O–H groups in total. The number of rotatable bonds is 1. The Labute approximate surface area is 114 Å². The predicted molar refractivity (Wildman–Crippen MR) is 72.1 cm³/mol. The van der Waals surface area contributed by atoms with E-state index in [1.165, 1.54) is 6.42 Å². The van der Waals surface area contributed by atoms with Crippen LogP contribution in [-0.2, 0) is 9.59 Å². The van der Waals surface area contributed by atoms with Crippen molar-refractivity contribution in [1.29, 1.82) is 0 Å². The number of imide groups is 1. The lowest BCUT2D eigenvalue weighted by Crippen LogP contribution is -2.50. The Kier molecular flexibility index (Phi) is 3.37. The van der Waals surface area contributed by atoms with E-state index in [0.29, 0.717) is 5.92 Å². The zero-order valence-corrected chi connectivity index (χ0v) is 11.7. The van der Waals surface area contributed by atoms with Crippen molar-refractivity contribution >= 4 is 11.8 Å². The van der Waals surface area contributed by atoms with Crippen molar-refractivity contribution < 1.29 is 9.59 Å². The van der Waals surface area contributed by atoms with Gasteiger partial charge in [0.1, 0.15) is 0 Å². The smallest absolute Gasteiger partial charge is 0.233 e. The minimum Gasteiger partial charge on any atom is -0.326 e. The molecule has 2 amide bonds. The number of carbonyl (C=O) groups is 2. The summed E-state index contributed by atoms with van der Waals surface area (Å²) in [5.74, 6) is 0.562. The number of carbonyl (C=O) groups excluding carboxylic acids is 2. The van der Waals surface area contributed by atoms with Gasteiger partial charge in [0.15, 0.2) is 0 Å². The predicted octanol–water partition coefficient (Wildman–Crippen LogP) is 1.68. The van der Waals surface area contributed by atoms with Gasteiger partial charge in [-0.05, 0) is 31.6 Å². The monoisotopic (exact) mass is 264 g/mol. The van der Waals surface area contributed by atoms with Crippen LogP contribution in [-0.4, -0.2) is 28.8 Å². The van der Waals surface area contributed by atoms with E-state index in [4.69, 9.17) is 5.73 Å². The number of hydrogen-bond donors (Lipinski definition) is 1. The first-order valence-corrected chi connectivity index (χ1v) is 7.72. The van der Waals surface area contributed by atoms with Crippen LogP contribution in [0.4, 0.5) is 0 Å². The molecule has 0 radical (unpaired) electrons. The summed E-state index contributed by atoms with van der Waals surface area (Å²) in [7, 11) is 0. The number of nitrogens with two attached hydrogens (primary N) is 1. The SMILES string of the molecule is CC1CC2C(=O)N(C3CCCCCC3N)C(=O)C2C1. The third kappa shape index (κ3) is 2.10. The molecule has 1 heterocycles. The fourth-order valence-electron chi connectivity index (χ4n) is 4.27. The molecule has 1 aliphatic heterocycles. The van der Waals surface area contributed by atoms with Gasteiger partial charge in [-0.25, -0.2) is 0 Å². The summed E-state index contributed by atoms with van der Waals surface area (Å²) in [6.07, 6.45) is 6.98. The van der Waals surface area contributed by atoms with Crippen molar-refractivity contribution in [3.63, 3.8) is 0 Å². The maximum atomic E-state index is 12.5. The molecule has 2 saturated carbocycles. The van der Waals surface area contributed by atoms with Gasteiger partial charge in [-0.2, -0.15) is 0 Å². The van der Waals surface area contributed by atoms with Gasteiger partial charge in [0.05, 0.1) is 17.9 Å². The summed E-state index contributed by atoms with van der Waals surface area (Å²) in [4.78, 5) is 26.7. The molecular weight excluding hydrogens is 240 g/mol.